The molecule has 0 aliphatic heterocycles. The lowest BCUT2D eigenvalue weighted by Gasteiger charge is -2.21. The van der Waals surface area contributed by atoms with Gasteiger partial charge >= 0.3 is 6.03 Å². The van der Waals surface area contributed by atoms with Crippen molar-refractivity contribution in [1.29, 1.82) is 0 Å². The highest BCUT2D eigenvalue weighted by molar-refractivity contribution is 8.00. The maximum absolute atomic E-state index is 12.1. The zero-order chi connectivity index (χ0) is 18.1. The third-order valence-electron chi connectivity index (χ3n) is 2.77. The van der Waals surface area contributed by atoms with Gasteiger partial charge in [0.2, 0.25) is 5.91 Å². The number of amides is 3. The number of nitrogens with zero attached hydrogens (tertiary/aromatic N) is 3. The summed E-state index contributed by atoms with van der Waals surface area (Å²) in [6.07, 6.45) is 1.61. The second-order valence-corrected chi connectivity index (χ2v) is 8.29. The molecule has 1 atom stereocenters. The monoisotopic (exact) mass is 389 g/mol. The van der Waals surface area contributed by atoms with E-state index >= 15 is 0 Å². The van der Waals surface area contributed by atoms with E-state index < -0.39 is 22.7 Å². The summed E-state index contributed by atoms with van der Waals surface area (Å²) in [5, 5.41) is 13.6. The first-order chi connectivity index (χ1) is 11.1. The van der Waals surface area contributed by atoms with Gasteiger partial charge in [-0.1, -0.05) is 35.0 Å². The SMILES string of the molecule is C[C@H](Sc1nnc2c(Cl)cc(Cl)cn12)C(=O)NC(=O)NC(C)(C)C. The standard InChI is InChI=1S/C14H17Cl2N5O2S/c1-7(11(22)17-12(23)18-14(2,3)4)24-13-20-19-10-9(16)5-8(15)6-21(10)13/h5-7H,1-4H3,(H2,17,18,22,23)/t7-/m0/s1. The zero-order valence-corrected chi connectivity index (χ0v) is 15.9. The molecule has 2 aromatic rings. The number of thioether (sulfide) groups is 1. The fraction of sp³-hybridized carbons (Fsp3) is 0.429. The van der Waals surface area contributed by atoms with Crippen molar-refractivity contribution < 1.29 is 9.59 Å². The van der Waals surface area contributed by atoms with Gasteiger partial charge in [0.05, 0.1) is 15.3 Å². The Labute approximate surface area is 153 Å². The lowest BCUT2D eigenvalue weighted by Crippen LogP contribution is -2.49. The third kappa shape index (κ3) is 4.75. The predicted molar refractivity (Wildman–Crippen MR) is 94.8 cm³/mol. The largest absolute Gasteiger partial charge is 0.333 e. The molecule has 2 aromatic heterocycles. The molecular weight excluding hydrogens is 373 g/mol. The van der Waals surface area contributed by atoms with Crippen molar-refractivity contribution in [2.45, 2.75) is 43.6 Å². The average Bonchev–Trinajstić information content (AvgIpc) is 2.79. The third-order valence-corrected chi connectivity index (χ3v) is 4.31. The van der Waals surface area contributed by atoms with Gasteiger partial charge in [0.25, 0.3) is 0 Å². The molecule has 0 unspecified atom stereocenters. The number of carbonyl (C=O) groups excluding carboxylic acids is 2. The molecule has 0 aliphatic rings. The highest BCUT2D eigenvalue weighted by atomic mass is 35.5. The lowest BCUT2D eigenvalue weighted by molar-refractivity contribution is -0.119. The van der Waals surface area contributed by atoms with Crippen molar-refractivity contribution in [2.75, 3.05) is 0 Å². The van der Waals surface area contributed by atoms with Crippen LogP contribution in [0.2, 0.25) is 10.0 Å². The summed E-state index contributed by atoms with van der Waals surface area (Å²) in [6, 6.07) is 1.02. The normalized spacial score (nSPS) is 12.9. The number of rotatable bonds is 3. The van der Waals surface area contributed by atoms with Crippen molar-refractivity contribution in [1.82, 2.24) is 25.2 Å². The van der Waals surface area contributed by atoms with Crippen LogP contribution in [-0.2, 0) is 4.79 Å². The number of halogens is 2. The van der Waals surface area contributed by atoms with Gasteiger partial charge in [-0.05, 0) is 33.8 Å². The van der Waals surface area contributed by atoms with E-state index in [4.69, 9.17) is 23.2 Å². The maximum atomic E-state index is 12.1. The van der Waals surface area contributed by atoms with Crippen LogP contribution in [0, 0.1) is 0 Å². The van der Waals surface area contributed by atoms with Crippen LogP contribution < -0.4 is 10.6 Å². The summed E-state index contributed by atoms with van der Waals surface area (Å²) in [5.41, 5.74) is 0.0129. The van der Waals surface area contributed by atoms with Crippen LogP contribution in [0.4, 0.5) is 4.79 Å². The summed E-state index contributed by atoms with van der Waals surface area (Å²) in [7, 11) is 0. The number of imide groups is 1. The number of carbonyl (C=O) groups is 2. The second kappa shape index (κ2) is 7.16. The number of hydrogen-bond acceptors (Lipinski definition) is 5. The van der Waals surface area contributed by atoms with Crippen molar-refractivity contribution in [3.63, 3.8) is 0 Å². The van der Waals surface area contributed by atoms with E-state index in [1.54, 1.807) is 23.6 Å². The van der Waals surface area contributed by atoms with E-state index in [0.29, 0.717) is 20.8 Å². The van der Waals surface area contributed by atoms with E-state index in [1.165, 1.54) is 0 Å². The van der Waals surface area contributed by atoms with Crippen molar-refractivity contribution in [3.8, 4) is 0 Å². The zero-order valence-electron chi connectivity index (χ0n) is 13.6. The Kier molecular flexibility index (Phi) is 5.62. The summed E-state index contributed by atoms with van der Waals surface area (Å²) in [5.74, 6) is -0.438. The van der Waals surface area contributed by atoms with E-state index in [0.717, 1.165) is 11.8 Å². The maximum Gasteiger partial charge on any atom is 0.321 e. The van der Waals surface area contributed by atoms with Crippen molar-refractivity contribution >= 4 is 52.5 Å². The summed E-state index contributed by atoms with van der Waals surface area (Å²) in [4.78, 5) is 23.9. The van der Waals surface area contributed by atoms with Crippen LogP contribution in [0.3, 0.4) is 0 Å². The molecule has 0 radical (unpaired) electrons. The quantitative estimate of drug-likeness (QED) is 0.787. The Balaban J connectivity index is 2.08. The molecule has 2 rings (SSSR count). The van der Waals surface area contributed by atoms with Gasteiger partial charge < -0.3 is 5.32 Å². The van der Waals surface area contributed by atoms with Gasteiger partial charge in [0.15, 0.2) is 10.8 Å². The minimum atomic E-state index is -0.569. The molecule has 0 saturated carbocycles. The fourth-order valence-corrected chi connectivity index (χ4v) is 3.11. The number of pyridine rings is 1. The molecule has 0 aromatic carbocycles. The van der Waals surface area contributed by atoms with E-state index in [2.05, 4.69) is 20.8 Å². The highest BCUT2D eigenvalue weighted by Gasteiger charge is 2.22. The number of urea groups is 1. The van der Waals surface area contributed by atoms with Gasteiger partial charge in [-0.15, -0.1) is 10.2 Å². The second-order valence-electron chi connectivity index (χ2n) is 6.14. The molecule has 0 fully saturated rings. The lowest BCUT2D eigenvalue weighted by atomic mass is 10.1. The average molecular weight is 390 g/mol. The molecule has 0 bridgehead atoms. The van der Waals surface area contributed by atoms with E-state index in [1.807, 2.05) is 20.8 Å². The predicted octanol–water partition coefficient (Wildman–Crippen LogP) is 3.14. The Morgan fingerprint density at radius 3 is 2.58 bits per heavy atom. The minimum absolute atomic E-state index is 0.364. The van der Waals surface area contributed by atoms with Gasteiger partial charge in [0.1, 0.15) is 0 Å². The van der Waals surface area contributed by atoms with Gasteiger partial charge in [-0.3, -0.25) is 14.5 Å². The molecule has 130 valence electrons. The molecule has 0 spiro atoms. The Morgan fingerprint density at radius 2 is 1.96 bits per heavy atom. The Morgan fingerprint density at radius 1 is 1.29 bits per heavy atom. The first kappa shape index (κ1) is 18.8. The van der Waals surface area contributed by atoms with Crippen molar-refractivity contribution in [3.05, 3.63) is 22.3 Å². The smallest absolute Gasteiger partial charge is 0.321 e. The highest BCUT2D eigenvalue weighted by Crippen LogP contribution is 2.27. The first-order valence-corrected chi connectivity index (χ1v) is 8.70. The molecule has 2 N–H and O–H groups in total. The minimum Gasteiger partial charge on any atom is -0.333 e. The van der Waals surface area contributed by atoms with Crippen molar-refractivity contribution in [2.24, 2.45) is 0 Å². The molecular formula is C14H17Cl2N5O2S. The number of hydrogen-bond donors (Lipinski definition) is 2. The molecule has 7 nitrogen and oxygen atoms in total. The van der Waals surface area contributed by atoms with Crippen LogP contribution in [0.25, 0.3) is 5.65 Å². The van der Waals surface area contributed by atoms with Gasteiger partial charge in [-0.2, -0.15) is 0 Å². The Hall–Kier alpha value is -1.51. The Bertz CT molecular complexity index is 787. The van der Waals surface area contributed by atoms with Crippen LogP contribution in [0.1, 0.15) is 27.7 Å². The van der Waals surface area contributed by atoms with E-state index in [-0.39, 0.29) is 0 Å². The summed E-state index contributed by atoms with van der Waals surface area (Å²) in [6.45, 7) is 7.14. The van der Waals surface area contributed by atoms with Crippen LogP contribution in [-0.4, -0.2) is 37.3 Å². The first-order valence-electron chi connectivity index (χ1n) is 7.06. The summed E-state index contributed by atoms with van der Waals surface area (Å²) >= 11 is 13.2. The summed E-state index contributed by atoms with van der Waals surface area (Å²) < 4.78 is 1.61. The topological polar surface area (TPSA) is 88.4 Å². The number of nitrogens with one attached hydrogen (secondary N) is 2. The molecule has 3 amide bonds. The van der Waals surface area contributed by atoms with E-state index in [9.17, 15) is 9.59 Å². The van der Waals surface area contributed by atoms with Crippen LogP contribution in [0.15, 0.2) is 17.4 Å². The van der Waals surface area contributed by atoms with Gasteiger partial charge in [-0.25, -0.2) is 4.79 Å². The van der Waals surface area contributed by atoms with Gasteiger partial charge in [0, 0.05) is 11.7 Å². The van der Waals surface area contributed by atoms with Crippen LogP contribution >= 0.6 is 35.0 Å². The molecule has 24 heavy (non-hydrogen) atoms. The fourth-order valence-electron chi connectivity index (χ4n) is 1.78. The molecule has 10 heteroatoms. The number of aromatic nitrogens is 3. The molecule has 2 heterocycles. The molecule has 0 saturated heterocycles. The van der Waals surface area contributed by atoms with Crippen LogP contribution in [0.5, 0.6) is 0 Å². The number of fused-ring (bicyclic) bond motifs is 1. The molecule has 0 aliphatic carbocycles.